The largest absolute Gasteiger partial charge is 0.294 e. The lowest BCUT2D eigenvalue weighted by Gasteiger charge is -2.36. The van der Waals surface area contributed by atoms with E-state index in [9.17, 15) is 9.59 Å². The molecular formula is C28H38O2. The van der Waals surface area contributed by atoms with Gasteiger partial charge in [-0.25, -0.2) is 0 Å². The molecule has 0 radical (unpaired) electrons. The van der Waals surface area contributed by atoms with E-state index in [-0.39, 0.29) is 34.7 Å². The third-order valence-electron chi connectivity index (χ3n) is 7.95. The molecule has 0 aliphatic heterocycles. The maximum absolute atomic E-state index is 13.3. The molecule has 0 heterocycles. The Bertz CT molecular complexity index is 820. The Hall–Kier alpha value is -1.70. The molecule has 4 unspecified atom stereocenters. The number of aryl methyl sites for hydroxylation is 1. The normalized spacial score (nSPS) is 28.8. The third-order valence-corrected chi connectivity index (χ3v) is 7.95. The van der Waals surface area contributed by atoms with E-state index in [0.717, 1.165) is 12.8 Å². The highest BCUT2D eigenvalue weighted by Crippen LogP contribution is 2.59. The molecule has 3 aliphatic rings. The summed E-state index contributed by atoms with van der Waals surface area (Å²) in [5.74, 6) is 0.426. The summed E-state index contributed by atoms with van der Waals surface area (Å²) in [6.07, 6.45) is 19.7. The number of rotatable bonds is 11. The van der Waals surface area contributed by atoms with Crippen molar-refractivity contribution in [1.29, 1.82) is 0 Å². The predicted molar refractivity (Wildman–Crippen MR) is 123 cm³/mol. The summed E-state index contributed by atoms with van der Waals surface area (Å²) in [4.78, 5) is 26.5. The molecule has 0 amide bonds. The van der Waals surface area contributed by atoms with Crippen molar-refractivity contribution in [3.63, 3.8) is 0 Å². The Kier molecular flexibility index (Phi) is 6.60. The van der Waals surface area contributed by atoms with E-state index < -0.39 is 0 Å². The van der Waals surface area contributed by atoms with Crippen LogP contribution in [0.5, 0.6) is 0 Å². The second-order valence-corrected chi connectivity index (χ2v) is 10.3. The molecule has 4 atom stereocenters. The molecule has 0 N–H and O–H groups in total. The standard InChI is InChI=1S/C28H38O2/c1-3-4-5-6-7-8-9-10-11-12-13-20-14-15-22-23(18-20)26(29)24-21-16-17-28(2,19-21)25(24)27(22)30/h14-18,21,24-25H,3-13,19H2,1-2H3. The molecule has 2 bridgehead atoms. The molecule has 0 aromatic heterocycles. The lowest BCUT2D eigenvalue weighted by molar-refractivity contribution is 0.0676. The topological polar surface area (TPSA) is 34.1 Å². The zero-order chi connectivity index (χ0) is 21.1. The third kappa shape index (κ3) is 4.07. The van der Waals surface area contributed by atoms with E-state index in [0.29, 0.717) is 11.1 Å². The van der Waals surface area contributed by atoms with E-state index in [1.165, 1.54) is 69.8 Å². The van der Waals surface area contributed by atoms with Crippen LogP contribution in [0, 0.1) is 23.2 Å². The van der Waals surface area contributed by atoms with Crippen LogP contribution in [0.2, 0.25) is 0 Å². The maximum atomic E-state index is 13.3. The summed E-state index contributed by atoms with van der Waals surface area (Å²) in [5.41, 5.74) is 2.48. The smallest absolute Gasteiger partial charge is 0.168 e. The van der Waals surface area contributed by atoms with Gasteiger partial charge >= 0.3 is 0 Å². The molecule has 2 nitrogen and oxygen atoms in total. The minimum atomic E-state index is -0.139. The second kappa shape index (κ2) is 9.20. The van der Waals surface area contributed by atoms with Gasteiger partial charge in [-0.05, 0) is 42.2 Å². The summed E-state index contributed by atoms with van der Waals surface area (Å²) < 4.78 is 0. The Balaban J connectivity index is 1.28. The van der Waals surface area contributed by atoms with Gasteiger partial charge in [-0.15, -0.1) is 0 Å². The van der Waals surface area contributed by atoms with Gasteiger partial charge in [0.15, 0.2) is 11.6 Å². The predicted octanol–water partition coefficient (Wildman–Crippen LogP) is 7.36. The van der Waals surface area contributed by atoms with Crippen LogP contribution in [0.15, 0.2) is 30.4 Å². The zero-order valence-corrected chi connectivity index (χ0v) is 18.9. The van der Waals surface area contributed by atoms with Crippen molar-refractivity contribution in [3.8, 4) is 0 Å². The van der Waals surface area contributed by atoms with Crippen molar-refractivity contribution < 1.29 is 9.59 Å². The number of carbonyl (C=O) groups excluding carboxylic acids is 2. The second-order valence-electron chi connectivity index (χ2n) is 10.3. The highest BCUT2D eigenvalue weighted by molar-refractivity contribution is 6.17. The van der Waals surface area contributed by atoms with Gasteiger partial charge in [-0.3, -0.25) is 9.59 Å². The molecule has 3 aliphatic carbocycles. The molecule has 4 rings (SSSR count). The Morgan fingerprint density at radius 2 is 1.53 bits per heavy atom. The van der Waals surface area contributed by atoms with Crippen molar-refractivity contribution >= 4 is 11.6 Å². The molecule has 0 spiro atoms. The highest BCUT2D eigenvalue weighted by Gasteiger charge is 2.60. The number of fused-ring (bicyclic) bond motifs is 6. The fourth-order valence-electron chi connectivity index (χ4n) is 6.26. The van der Waals surface area contributed by atoms with Gasteiger partial charge in [-0.1, -0.05) is 95.9 Å². The van der Waals surface area contributed by atoms with Gasteiger partial charge in [0.05, 0.1) is 0 Å². The molecule has 1 aromatic carbocycles. The van der Waals surface area contributed by atoms with Gasteiger partial charge in [-0.2, -0.15) is 0 Å². The van der Waals surface area contributed by atoms with Crippen LogP contribution in [0.3, 0.4) is 0 Å². The Morgan fingerprint density at radius 3 is 2.23 bits per heavy atom. The number of ketones is 2. The molecule has 30 heavy (non-hydrogen) atoms. The van der Waals surface area contributed by atoms with Crippen LogP contribution < -0.4 is 0 Å². The van der Waals surface area contributed by atoms with Crippen molar-refractivity contribution in [2.75, 3.05) is 0 Å². The number of hydrogen-bond acceptors (Lipinski definition) is 2. The minimum absolute atomic E-state index is 0.117. The van der Waals surface area contributed by atoms with Crippen LogP contribution >= 0.6 is 0 Å². The Morgan fingerprint density at radius 1 is 0.867 bits per heavy atom. The number of allylic oxidation sites excluding steroid dienone is 2. The SMILES string of the molecule is CCCCCCCCCCCCc1ccc2c(c1)C(=O)C1C3C=CC(C)(C3)C1C2=O. The first-order valence-electron chi connectivity index (χ1n) is 12.5. The van der Waals surface area contributed by atoms with E-state index in [4.69, 9.17) is 0 Å². The van der Waals surface area contributed by atoms with Crippen molar-refractivity contribution in [3.05, 3.63) is 47.0 Å². The van der Waals surface area contributed by atoms with E-state index >= 15 is 0 Å². The van der Waals surface area contributed by atoms with Crippen LogP contribution in [-0.4, -0.2) is 11.6 Å². The monoisotopic (exact) mass is 406 g/mol. The van der Waals surface area contributed by atoms with Crippen LogP contribution in [0.25, 0.3) is 0 Å². The Labute approximate surface area is 182 Å². The van der Waals surface area contributed by atoms with Crippen molar-refractivity contribution in [1.82, 2.24) is 0 Å². The van der Waals surface area contributed by atoms with E-state index in [1.807, 2.05) is 12.1 Å². The zero-order valence-electron chi connectivity index (χ0n) is 18.9. The first kappa shape index (κ1) is 21.5. The molecular weight excluding hydrogens is 368 g/mol. The first-order valence-corrected chi connectivity index (χ1v) is 12.5. The van der Waals surface area contributed by atoms with Crippen LogP contribution in [-0.2, 0) is 6.42 Å². The van der Waals surface area contributed by atoms with Gasteiger partial charge in [0, 0.05) is 23.0 Å². The highest BCUT2D eigenvalue weighted by atomic mass is 16.1. The number of Topliss-reactive ketones (excluding diaryl/α,β-unsaturated/α-hetero) is 2. The average Bonchev–Trinajstić information content (AvgIpc) is 3.27. The van der Waals surface area contributed by atoms with Crippen molar-refractivity contribution in [2.24, 2.45) is 23.2 Å². The van der Waals surface area contributed by atoms with Gasteiger partial charge in [0.1, 0.15) is 0 Å². The number of carbonyl (C=O) groups is 2. The lowest BCUT2D eigenvalue weighted by atomic mass is 9.65. The molecule has 1 saturated carbocycles. The maximum Gasteiger partial charge on any atom is 0.168 e. The van der Waals surface area contributed by atoms with Crippen molar-refractivity contribution in [2.45, 2.75) is 90.9 Å². The number of hydrogen-bond donors (Lipinski definition) is 0. The molecule has 2 heteroatoms. The van der Waals surface area contributed by atoms with Gasteiger partial charge < -0.3 is 0 Å². The van der Waals surface area contributed by atoms with Crippen LogP contribution in [0.4, 0.5) is 0 Å². The van der Waals surface area contributed by atoms with Gasteiger partial charge in [0.25, 0.3) is 0 Å². The fraction of sp³-hybridized carbons (Fsp3) is 0.643. The molecule has 1 aromatic rings. The van der Waals surface area contributed by atoms with E-state index in [1.54, 1.807) is 0 Å². The molecule has 0 saturated heterocycles. The fourth-order valence-corrected chi connectivity index (χ4v) is 6.26. The molecule has 1 fully saturated rings. The summed E-state index contributed by atoms with van der Waals surface area (Å²) in [6.45, 7) is 4.42. The summed E-state index contributed by atoms with van der Waals surface area (Å²) >= 11 is 0. The molecule has 162 valence electrons. The summed E-state index contributed by atoms with van der Waals surface area (Å²) in [6, 6.07) is 6.07. The summed E-state index contributed by atoms with van der Waals surface area (Å²) in [5, 5.41) is 0. The number of benzene rings is 1. The number of unbranched alkanes of at least 4 members (excludes halogenated alkanes) is 9. The average molecular weight is 407 g/mol. The van der Waals surface area contributed by atoms with Gasteiger partial charge in [0.2, 0.25) is 0 Å². The summed E-state index contributed by atoms with van der Waals surface area (Å²) in [7, 11) is 0. The van der Waals surface area contributed by atoms with Crippen LogP contribution in [0.1, 0.15) is 111 Å². The first-order chi connectivity index (χ1) is 14.5. The lowest BCUT2D eigenvalue weighted by Crippen LogP contribution is -2.42. The minimum Gasteiger partial charge on any atom is -0.294 e. The van der Waals surface area contributed by atoms with E-state index in [2.05, 4.69) is 32.1 Å². The quantitative estimate of drug-likeness (QED) is 0.284.